The van der Waals surface area contributed by atoms with Crippen LogP contribution in [-0.4, -0.2) is 50.6 Å². The first-order valence-corrected chi connectivity index (χ1v) is 10.2. The van der Waals surface area contributed by atoms with E-state index in [4.69, 9.17) is 14.2 Å². The fourth-order valence-corrected chi connectivity index (χ4v) is 3.43. The SMILES string of the molecule is COc1ccc(OC)c(NC(=O)c2ccccc2OCC(=O)N2CCCCCC2)c1. The van der Waals surface area contributed by atoms with Gasteiger partial charge in [-0.15, -0.1) is 0 Å². The third-order valence-electron chi connectivity index (χ3n) is 5.10. The van der Waals surface area contributed by atoms with Crippen molar-refractivity contribution in [3.63, 3.8) is 0 Å². The Morgan fingerprint density at radius 2 is 1.67 bits per heavy atom. The number of hydrogen-bond acceptors (Lipinski definition) is 5. The van der Waals surface area contributed by atoms with E-state index >= 15 is 0 Å². The van der Waals surface area contributed by atoms with E-state index in [1.165, 1.54) is 7.11 Å². The molecule has 0 aromatic heterocycles. The predicted molar refractivity (Wildman–Crippen MR) is 114 cm³/mol. The molecule has 2 aromatic carbocycles. The zero-order chi connectivity index (χ0) is 21.3. The van der Waals surface area contributed by atoms with Crippen molar-refractivity contribution in [3.05, 3.63) is 48.0 Å². The van der Waals surface area contributed by atoms with Crippen LogP contribution in [0.4, 0.5) is 5.69 Å². The third kappa shape index (κ3) is 5.43. The smallest absolute Gasteiger partial charge is 0.260 e. The number of carbonyl (C=O) groups is 2. The molecule has 30 heavy (non-hydrogen) atoms. The molecule has 1 N–H and O–H groups in total. The summed E-state index contributed by atoms with van der Waals surface area (Å²) in [4.78, 5) is 27.3. The van der Waals surface area contributed by atoms with E-state index in [2.05, 4.69) is 5.32 Å². The minimum atomic E-state index is -0.362. The molecule has 7 nitrogen and oxygen atoms in total. The van der Waals surface area contributed by atoms with E-state index in [0.29, 0.717) is 28.5 Å². The Kier molecular flexibility index (Phi) is 7.54. The molecule has 1 aliphatic heterocycles. The second-order valence-corrected chi connectivity index (χ2v) is 7.10. The summed E-state index contributed by atoms with van der Waals surface area (Å²) in [6.07, 6.45) is 4.35. The number of para-hydroxylation sites is 1. The van der Waals surface area contributed by atoms with Gasteiger partial charge in [0.25, 0.3) is 11.8 Å². The third-order valence-corrected chi connectivity index (χ3v) is 5.10. The number of carbonyl (C=O) groups excluding carboxylic acids is 2. The van der Waals surface area contributed by atoms with Crippen LogP contribution >= 0.6 is 0 Å². The second-order valence-electron chi connectivity index (χ2n) is 7.10. The summed E-state index contributed by atoms with van der Waals surface area (Å²) in [6.45, 7) is 1.44. The van der Waals surface area contributed by atoms with E-state index in [-0.39, 0.29) is 18.4 Å². The topological polar surface area (TPSA) is 77.1 Å². The normalized spacial score (nSPS) is 13.9. The van der Waals surface area contributed by atoms with Gasteiger partial charge < -0.3 is 24.4 Å². The van der Waals surface area contributed by atoms with Crippen LogP contribution in [0.5, 0.6) is 17.2 Å². The lowest BCUT2D eigenvalue weighted by atomic mass is 10.1. The van der Waals surface area contributed by atoms with Crippen LogP contribution in [0.2, 0.25) is 0 Å². The Labute approximate surface area is 176 Å². The lowest BCUT2D eigenvalue weighted by Gasteiger charge is -2.20. The highest BCUT2D eigenvalue weighted by atomic mass is 16.5. The summed E-state index contributed by atoms with van der Waals surface area (Å²) in [6, 6.07) is 12.0. The van der Waals surface area contributed by atoms with Gasteiger partial charge in [0.2, 0.25) is 0 Å². The lowest BCUT2D eigenvalue weighted by Crippen LogP contribution is -2.35. The molecular weight excluding hydrogens is 384 g/mol. The molecule has 0 bridgehead atoms. The molecule has 0 unspecified atom stereocenters. The lowest BCUT2D eigenvalue weighted by molar-refractivity contribution is -0.133. The van der Waals surface area contributed by atoms with E-state index in [0.717, 1.165) is 38.8 Å². The average Bonchev–Trinajstić information content (AvgIpc) is 3.07. The van der Waals surface area contributed by atoms with Crippen molar-refractivity contribution in [2.45, 2.75) is 25.7 Å². The monoisotopic (exact) mass is 412 g/mol. The van der Waals surface area contributed by atoms with Crippen LogP contribution in [-0.2, 0) is 4.79 Å². The molecule has 1 heterocycles. The van der Waals surface area contributed by atoms with Crippen molar-refractivity contribution in [2.24, 2.45) is 0 Å². The van der Waals surface area contributed by atoms with Gasteiger partial charge in [0.15, 0.2) is 6.61 Å². The van der Waals surface area contributed by atoms with Crippen molar-refractivity contribution < 1.29 is 23.8 Å². The Morgan fingerprint density at radius 3 is 2.37 bits per heavy atom. The molecule has 0 aliphatic carbocycles. The van der Waals surface area contributed by atoms with Gasteiger partial charge in [-0.1, -0.05) is 25.0 Å². The van der Waals surface area contributed by atoms with Crippen molar-refractivity contribution in [2.75, 3.05) is 39.2 Å². The minimum absolute atomic E-state index is 0.0541. The molecule has 1 saturated heterocycles. The zero-order valence-corrected chi connectivity index (χ0v) is 17.5. The first kappa shape index (κ1) is 21.5. The maximum Gasteiger partial charge on any atom is 0.260 e. The molecule has 0 atom stereocenters. The van der Waals surface area contributed by atoms with E-state index in [9.17, 15) is 9.59 Å². The van der Waals surface area contributed by atoms with E-state index in [1.807, 2.05) is 4.90 Å². The number of methoxy groups -OCH3 is 2. The van der Waals surface area contributed by atoms with Crippen LogP contribution in [0.25, 0.3) is 0 Å². The number of hydrogen-bond donors (Lipinski definition) is 1. The highest BCUT2D eigenvalue weighted by Gasteiger charge is 2.19. The van der Waals surface area contributed by atoms with Crippen LogP contribution in [0.1, 0.15) is 36.0 Å². The summed E-state index contributed by atoms with van der Waals surface area (Å²) in [7, 11) is 3.08. The first-order valence-electron chi connectivity index (χ1n) is 10.2. The first-order chi connectivity index (χ1) is 14.6. The number of rotatable bonds is 7. The Balaban J connectivity index is 1.70. The van der Waals surface area contributed by atoms with Gasteiger partial charge in [0, 0.05) is 19.2 Å². The Hall–Kier alpha value is -3.22. The van der Waals surface area contributed by atoms with Crippen LogP contribution in [0.3, 0.4) is 0 Å². The molecule has 0 radical (unpaired) electrons. The fraction of sp³-hybridized carbons (Fsp3) is 0.391. The number of nitrogens with one attached hydrogen (secondary N) is 1. The summed E-state index contributed by atoms with van der Waals surface area (Å²) in [5.74, 6) is 1.05. The van der Waals surface area contributed by atoms with Crippen molar-refractivity contribution in [1.29, 1.82) is 0 Å². The number of anilines is 1. The summed E-state index contributed by atoms with van der Waals surface area (Å²) < 4.78 is 16.3. The van der Waals surface area contributed by atoms with Gasteiger partial charge in [0.05, 0.1) is 25.5 Å². The predicted octanol–water partition coefficient (Wildman–Crippen LogP) is 3.74. The molecule has 7 heteroatoms. The highest BCUT2D eigenvalue weighted by molar-refractivity contribution is 6.07. The maximum atomic E-state index is 12.9. The number of benzene rings is 2. The largest absolute Gasteiger partial charge is 0.497 e. The van der Waals surface area contributed by atoms with Crippen LogP contribution in [0, 0.1) is 0 Å². The molecular formula is C23H28N2O5. The summed E-state index contributed by atoms with van der Waals surface area (Å²) in [5, 5.41) is 2.83. The van der Waals surface area contributed by atoms with Gasteiger partial charge >= 0.3 is 0 Å². The number of amides is 2. The molecule has 0 spiro atoms. The standard InChI is InChI=1S/C23H28N2O5/c1-28-17-11-12-21(29-2)19(15-17)24-23(27)18-9-5-6-10-20(18)30-16-22(26)25-13-7-3-4-8-14-25/h5-6,9-12,15H,3-4,7-8,13-14,16H2,1-2H3,(H,24,27). The van der Waals surface area contributed by atoms with Gasteiger partial charge in [-0.05, 0) is 37.1 Å². The number of ether oxygens (including phenoxy) is 3. The number of likely N-dealkylation sites (tertiary alicyclic amines) is 1. The number of nitrogens with zero attached hydrogens (tertiary/aromatic N) is 1. The van der Waals surface area contributed by atoms with Gasteiger partial charge in [-0.25, -0.2) is 0 Å². The van der Waals surface area contributed by atoms with E-state index in [1.54, 1.807) is 49.6 Å². The molecule has 1 aliphatic rings. The molecule has 2 amide bonds. The van der Waals surface area contributed by atoms with Crippen LogP contribution < -0.4 is 19.5 Å². The van der Waals surface area contributed by atoms with Gasteiger partial charge in [-0.3, -0.25) is 9.59 Å². The Morgan fingerprint density at radius 1 is 0.933 bits per heavy atom. The molecule has 3 rings (SSSR count). The van der Waals surface area contributed by atoms with Gasteiger partial charge in [-0.2, -0.15) is 0 Å². The van der Waals surface area contributed by atoms with Crippen molar-refractivity contribution in [1.82, 2.24) is 4.90 Å². The van der Waals surface area contributed by atoms with E-state index < -0.39 is 0 Å². The minimum Gasteiger partial charge on any atom is -0.497 e. The van der Waals surface area contributed by atoms with Gasteiger partial charge in [0.1, 0.15) is 17.2 Å². The maximum absolute atomic E-state index is 12.9. The summed E-state index contributed by atoms with van der Waals surface area (Å²) >= 11 is 0. The molecule has 2 aromatic rings. The molecule has 160 valence electrons. The average molecular weight is 412 g/mol. The second kappa shape index (κ2) is 10.5. The zero-order valence-electron chi connectivity index (χ0n) is 17.5. The highest BCUT2D eigenvalue weighted by Crippen LogP contribution is 2.30. The Bertz CT molecular complexity index is 876. The quantitative estimate of drug-likeness (QED) is 0.750. The summed E-state index contributed by atoms with van der Waals surface area (Å²) in [5.41, 5.74) is 0.823. The fourth-order valence-electron chi connectivity index (χ4n) is 3.43. The van der Waals surface area contributed by atoms with Crippen LogP contribution in [0.15, 0.2) is 42.5 Å². The van der Waals surface area contributed by atoms with Crippen molar-refractivity contribution in [3.8, 4) is 17.2 Å². The molecule has 0 saturated carbocycles. The van der Waals surface area contributed by atoms with Crippen molar-refractivity contribution >= 4 is 17.5 Å². The molecule has 1 fully saturated rings.